The third-order valence-electron chi connectivity index (χ3n) is 3.21. The van der Waals surface area contributed by atoms with E-state index in [9.17, 15) is 13.5 Å². The third kappa shape index (κ3) is 2.72. The minimum Gasteiger partial charge on any atom is -0.390 e. The molecule has 3 N–H and O–H groups in total. The van der Waals surface area contributed by atoms with E-state index in [1.54, 1.807) is 30.3 Å². The van der Waals surface area contributed by atoms with E-state index in [2.05, 4.69) is 0 Å². The molecule has 0 aliphatic carbocycles. The molecule has 2 atom stereocenters. The zero-order valence-corrected chi connectivity index (χ0v) is 10.9. The fraction of sp³-hybridized carbons (Fsp3) is 0.500. The lowest BCUT2D eigenvalue weighted by molar-refractivity contribution is 0.130. The Morgan fingerprint density at radius 1 is 1.28 bits per heavy atom. The van der Waals surface area contributed by atoms with Crippen LogP contribution in [0.1, 0.15) is 12.8 Å². The Hall–Kier alpha value is -0.950. The number of aliphatic hydroxyl groups excluding tert-OH is 1. The van der Waals surface area contributed by atoms with E-state index in [0.29, 0.717) is 19.4 Å². The van der Waals surface area contributed by atoms with E-state index in [0.717, 1.165) is 0 Å². The van der Waals surface area contributed by atoms with Crippen LogP contribution in [0.3, 0.4) is 0 Å². The summed E-state index contributed by atoms with van der Waals surface area (Å²) in [6, 6.07) is 7.92. The molecule has 1 aromatic carbocycles. The Morgan fingerprint density at radius 3 is 2.61 bits per heavy atom. The summed E-state index contributed by atoms with van der Waals surface area (Å²) >= 11 is 0. The van der Waals surface area contributed by atoms with E-state index >= 15 is 0 Å². The summed E-state index contributed by atoms with van der Waals surface area (Å²) in [4.78, 5) is 0.257. The number of rotatable bonds is 2. The largest absolute Gasteiger partial charge is 0.390 e. The average molecular weight is 270 g/mol. The predicted octanol–water partition coefficient (Wildman–Crippen LogP) is 0.159. The molecule has 2 unspecified atom stereocenters. The molecule has 1 aliphatic rings. The highest BCUT2D eigenvalue weighted by atomic mass is 32.2. The minimum atomic E-state index is -3.52. The van der Waals surface area contributed by atoms with Gasteiger partial charge in [-0.05, 0) is 25.0 Å². The Bertz CT molecular complexity index is 489. The van der Waals surface area contributed by atoms with Gasteiger partial charge in [-0.2, -0.15) is 4.31 Å². The molecule has 6 heteroatoms. The molecule has 1 aliphatic heterocycles. The van der Waals surface area contributed by atoms with Gasteiger partial charge in [0, 0.05) is 19.1 Å². The summed E-state index contributed by atoms with van der Waals surface area (Å²) in [6.45, 7) is 0.473. The van der Waals surface area contributed by atoms with Crippen LogP contribution >= 0.6 is 0 Å². The lowest BCUT2D eigenvalue weighted by Gasteiger charge is -2.22. The van der Waals surface area contributed by atoms with Gasteiger partial charge in [0.15, 0.2) is 0 Å². The monoisotopic (exact) mass is 270 g/mol. The third-order valence-corrected chi connectivity index (χ3v) is 5.09. The van der Waals surface area contributed by atoms with Crippen molar-refractivity contribution in [3.63, 3.8) is 0 Å². The molecule has 2 rings (SSSR count). The van der Waals surface area contributed by atoms with Crippen molar-refractivity contribution in [2.24, 2.45) is 5.73 Å². The zero-order valence-electron chi connectivity index (χ0n) is 10.1. The van der Waals surface area contributed by atoms with Crippen LogP contribution in [0, 0.1) is 0 Å². The van der Waals surface area contributed by atoms with E-state index in [1.807, 2.05) is 0 Å². The van der Waals surface area contributed by atoms with Crippen LogP contribution in [0.15, 0.2) is 35.2 Å². The van der Waals surface area contributed by atoms with Crippen molar-refractivity contribution in [3.05, 3.63) is 30.3 Å². The van der Waals surface area contributed by atoms with Crippen LogP contribution in [0.4, 0.5) is 0 Å². The first-order valence-electron chi connectivity index (χ1n) is 6.00. The van der Waals surface area contributed by atoms with Gasteiger partial charge in [0.05, 0.1) is 11.0 Å². The number of hydrogen-bond donors (Lipinski definition) is 2. The van der Waals surface area contributed by atoms with Crippen LogP contribution in [0.2, 0.25) is 0 Å². The van der Waals surface area contributed by atoms with Gasteiger partial charge in [0.2, 0.25) is 10.0 Å². The zero-order chi connectivity index (χ0) is 13.2. The molecule has 1 heterocycles. The van der Waals surface area contributed by atoms with Crippen molar-refractivity contribution < 1.29 is 13.5 Å². The maximum Gasteiger partial charge on any atom is 0.243 e. The molecule has 0 bridgehead atoms. The van der Waals surface area contributed by atoms with Gasteiger partial charge >= 0.3 is 0 Å². The second kappa shape index (κ2) is 5.36. The first-order valence-corrected chi connectivity index (χ1v) is 7.44. The number of nitrogens with two attached hydrogens (primary N) is 1. The molecular formula is C12H18N2O3S. The topological polar surface area (TPSA) is 83.6 Å². The van der Waals surface area contributed by atoms with Gasteiger partial charge in [-0.3, -0.25) is 0 Å². The number of aliphatic hydroxyl groups is 1. The quantitative estimate of drug-likeness (QED) is 0.802. The van der Waals surface area contributed by atoms with Crippen molar-refractivity contribution in [2.75, 3.05) is 13.1 Å². The lowest BCUT2D eigenvalue weighted by Crippen LogP contribution is -2.42. The van der Waals surface area contributed by atoms with Crippen molar-refractivity contribution in [2.45, 2.75) is 29.9 Å². The van der Waals surface area contributed by atoms with Gasteiger partial charge in [0.1, 0.15) is 0 Å². The predicted molar refractivity (Wildman–Crippen MR) is 68.4 cm³/mol. The Balaban J connectivity index is 2.25. The number of β-amino-alcohol motifs (C(OH)–C–C–N with tert-alkyl or cyclic N) is 1. The highest BCUT2D eigenvalue weighted by Crippen LogP contribution is 2.19. The molecule has 18 heavy (non-hydrogen) atoms. The Morgan fingerprint density at radius 2 is 1.94 bits per heavy atom. The summed E-state index contributed by atoms with van der Waals surface area (Å²) in [6.07, 6.45) is 0.512. The lowest BCUT2D eigenvalue weighted by atomic mass is 10.1. The van der Waals surface area contributed by atoms with E-state index in [4.69, 9.17) is 5.73 Å². The molecule has 0 radical (unpaired) electrons. The van der Waals surface area contributed by atoms with Crippen LogP contribution in [-0.4, -0.2) is 43.1 Å². The van der Waals surface area contributed by atoms with Crippen LogP contribution in [0.5, 0.6) is 0 Å². The normalized spacial score (nSPS) is 26.8. The van der Waals surface area contributed by atoms with E-state index in [-0.39, 0.29) is 17.5 Å². The maximum atomic E-state index is 12.4. The number of nitrogens with zero attached hydrogens (tertiary/aromatic N) is 1. The van der Waals surface area contributed by atoms with Crippen molar-refractivity contribution in [3.8, 4) is 0 Å². The Kier molecular flexibility index (Phi) is 4.01. The van der Waals surface area contributed by atoms with Crippen molar-refractivity contribution in [1.29, 1.82) is 0 Å². The smallest absolute Gasteiger partial charge is 0.243 e. The molecular weight excluding hydrogens is 252 g/mol. The molecule has 1 saturated heterocycles. The highest BCUT2D eigenvalue weighted by Gasteiger charge is 2.30. The molecule has 5 nitrogen and oxygen atoms in total. The van der Waals surface area contributed by atoms with E-state index in [1.165, 1.54) is 4.31 Å². The van der Waals surface area contributed by atoms with Gasteiger partial charge in [-0.15, -0.1) is 0 Å². The SMILES string of the molecule is NC1CCCN(S(=O)(=O)c2ccccc2)CC1O. The summed E-state index contributed by atoms with van der Waals surface area (Å²) < 4.78 is 26.1. The molecule has 100 valence electrons. The highest BCUT2D eigenvalue weighted by molar-refractivity contribution is 7.89. The van der Waals surface area contributed by atoms with Crippen molar-refractivity contribution >= 4 is 10.0 Å². The fourth-order valence-corrected chi connectivity index (χ4v) is 3.61. The summed E-state index contributed by atoms with van der Waals surface area (Å²) in [5, 5.41) is 9.81. The first-order chi connectivity index (χ1) is 8.51. The average Bonchev–Trinajstić information content (AvgIpc) is 2.54. The minimum absolute atomic E-state index is 0.0679. The van der Waals surface area contributed by atoms with Gasteiger partial charge < -0.3 is 10.8 Å². The molecule has 0 saturated carbocycles. The second-order valence-electron chi connectivity index (χ2n) is 4.55. The fourth-order valence-electron chi connectivity index (χ4n) is 2.09. The van der Waals surface area contributed by atoms with E-state index < -0.39 is 16.1 Å². The molecule has 0 amide bonds. The Labute approximate surface area is 107 Å². The van der Waals surface area contributed by atoms with Crippen LogP contribution in [-0.2, 0) is 10.0 Å². The molecule has 1 fully saturated rings. The summed E-state index contributed by atoms with van der Waals surface area (Å²) in [7, 11) is -3.52. The van der Waals surface area contributed by atoms with Crippen LogP contribution < -0.4 is 5.73 Å². The maximum absolute atomic E-state index is 12.4. The first kappa shape index (κ1) is 13.5. The standard InChI is InChI=1S/C12H18N2O3S/c13-11-7-4-8-14(9-12(11)15)18(16,17)10-5-2-1-3-6-10/h1-3,5-6,11-12,15H,4,7-9,13H2. The summed E-state index contributed by atoms with van der Waals surface area (Å²) in [5.74, 6) is 0. The van der Waals surface area contributed by atoms with Crippen molar-refractivity contribution in [1.82, 2.24) is 4.31 Å². The number of benzene rings is 1. The van der Waals surface area contributed by atoms with Gasteiger partial charge in [-0.25, -0.2) is 8.42 Å². The van der Waals surface area contributed by atoms with Gasteiger partial charge in [-0.1, -0.05) is 18.2 Å². The molecule has 0 spiro atoms. The van der Waals surface area contributed by atoms with Crippen LogP contribution in [0.25, 0.3) is 0 Å². The summed E-state index contributed by atoms with van der Waals surface area (Å²) in [5.41, 5.74) is 5.75. The molecule has 0 aromatic heterocycles. The number of sulfonamides is 1. The second-order valence-corrected chi connectivity index (χ2v) is 6.49. The number of hydrogen-bond acceptors (Lipinski definition) is 4. The van der Waals surface area contributed by atoms with Gasteiger partial charge in [0.25, 0.3) is 0 Å². The molecule has 1 aromatic rings.